The second kappa shape index (κ2) is 38.4. The number of allylic oxidation sites excluding steroid dienone is 10. The highest BCUT2D eigenvalue weighted by Gasteiger charge is 2.44. The Morgan fingerprint density at radius 3 is 1.64 bits per heavy atom. The molecule has 0 bridgehead atoms. The molecule has 0 spiro atoms. The Bertz CT molecular complexity index is 1040. The standard InChI is InChI=1S/C47H82O9/c1-3-5-7-9-11-13-15-17-18-19-20-21-22-23-24-25-26-28-30-32-34-36-43(49)55-41(40-54-47-46(52)45(51)44(50)42(38-48)56-47)39-53-37-35-33-31-29-27-16-14-12-10-8-6-4-2/h5,7,11,13,17-18,20-21,23-24,41-42,44-48,50-52H,3-4,6,8-10,12,14-16,19,22,25-40H2,1-2H3/b7-5-,13-11-,18-17-,21-20-,24-23-. The number of hydrogen-bond acceptors (Lipinski definition) is 9. The van der Waals surface area contributed by atoms with E-state index in [1.54, 1.807) is 0 Å². The van der Waals surface area contributed by atoms with Crippen LogP contribution in [0.5, 0.6) is 0 Å². The molecule has 1 aliphatic rings. The molecule has 9 heteroatoms. The van der Waals surface area contributed by atoms with Crippen molar-refractivity contribution in [2.24, 2.45) is 0 Å². The molecule has 1 heterocycles. The number of aliphatic hydroxyl groups is 4. The molecule has 9 nitrogen and oxygen atoms in total. The van der Waals surface area contributed by atoms with E-state index in [1.807, 2.05) is 0 Å². The highest BCUT2D eigenvalue weighted by Crippen LogP contribution is 2.22. The van der Waals surface area contributed by atoms with Crippen LogP contribution in [0, 0.1) is 0 Å². The van der Waals surface area contributed by atoms with E-state index in [-0.39, 0.29) is 19.2 Å². The number of carbonyl (C=O) groups excluding carboxylic acids is 1. The molecule has 0 aromatic heterocycles. The molecule has 0 aliphatic carbocycles. The molecule has 6 unspecified atom stereocenters. The van der Waals surface area contributed by atoms with E-state index in [1.165, 1.54) is 64.2 Å². The zero-order valence-electron chi connectivity index (χ0n) is 35.4. The van der Waals surface area contributed by atoms with Gasteiger partial charge in [0.15, 0.2) is 6.29 Å². The first-order valence-electron chi connectivity index (χ1n) is 22.4. The molecule has 0 aromatic rings. The second-order valence-electron chi connectivity index (χ2n) is 15.1. The summed E-state index contributed by atoms with van der Waals surface area (Å²) >= 11 is 0. The smallest absolute Gasteiger partial charge is 0.306 e. The first kappa shape index (κ1) is 51.9. The highest BCUT2D eigenvalue weighted by atomic mass is 16.7. The minimum absolute atomic E-state index is 0.122. The summed E-state index contributed by atoms with van der Waals surface area (Å²) in [6.45, 7) is 4.41. The summed E-state index contributed by atoms with van der Waals surface area (Å²) in [5, 5.41) is 40.1. The fourth-order valence-electron chi connectivity index (χ4n) is 6.46. The lowest BCUT2D eigenvalue weighted by Gasteiger charge is -2.39. The van der Waals surface area contributed by atoms with Crippen LogP contribution >= 0.6 is 0 Å². The number of hydrogen-bond donors (Lipinski definition) is 4. The topological polar surface area (TPSA) is 135 Å². The number of carbonyl (C=O) groups is 1. The Kier molecular flexibility index (Phi) is 35.6. The third-order valence-corrected chi connectivity index (χ3v) is 9.95. The minimum atomic E-state index is -1.54. The molecule has 324 valence electrons. The van der Waals surface area contributed by atoms with E-state index < -0.39 is 43.4 Å². The molecule has 0 amide bonds. The van der Waals surface area contributed by atoms with Gasteiger partial charge >= 0.3 is 5.97 Å². The first-order valence-corrected chi connectivity index (χ1v) is 22.4. The SMILES string of the molecule is CC/C=C\C/C=C\C/C=C\C/C=C\C/C=C\CCCCCCCC(=O)OC(COCCCCCCCCCCCCCC)COC1OC(CO)C(O)C(O)C1O. The van der Waals surface area contributed by atoms with Gasteiger partial charge in [-0.1, -0.05) is 164 Å². The lowest BCUT2D eigenvalue weighted by molar-refractivity contribution is -0.305. The highest BCUT2D eigenvalue weighted by molar-refractivity contribution is 5.69. The van der Waals surface area contributed by atoms with Gasteiger partial charge in [-0.2, -0.15) is 0 Å². The summed E-state index contributed by atoms with van der Waals surface area (Å²) in [4.78, 5) is 12.8. The van der Waals surface area contributed by atoms with Crippen LogP contribution in [0.3, 0.4) is 0 Å². The van der Waals surface area contributed by atoms with Crippen molar-refractivity contribution < 1.29 is 44.2 Å². The van der Waals surface area contributed by atoms with Crippen LogP contribution in [0.15, 0.2) is 60.8 Å². The molecule has 1 aliphatic heterocycles. The van der Waals surface area contributed by atoms with Gasteiger partial charge in [-0.15, -0.1) is 0 Å². The molecular formula is C47H82O9. The van der Waals surface area contributed by atoms with Crippen LogP contribution in [0.1, 0.15) is 168 Å². The number of rotatable bonds is 37. The summed E-state index contributed by atoms with van der Waals surface area (Å²) in [5.74, 6) is -0.333. The average Bonchev–Trinajstić information content (AvgIpc) is 3.20. The van der Waals surface area contributed by atoms with Crippen LogP contribution in [-0.2, 0) is 23.7 Å². The van der Waals surface area contributed by atoms with Gasteiger partial charge in [-0.3, -0.25) is 4.79 Å². The molecule has 6 atom stereocenters. The Labute approximate surface area is 341 Å². The Balaban J connectivity index is 2.28. The normalized spacial score (nSPS) is 21.1. The fourth-order valence-corrected chi connectivity index (χ4v) is 6.46. The van der Waals surface area contributed by atoms with Crippen LogP contribution in [0.25, 0.3) is 0 Å². The zero-order chi connectivity index (χ0) is 40.7. The maximum atomic E-state index is 12.8. The molecule has 56 heavy (non-hydrogen) atoms. The van der Waals surface area contributed by atoms with Crippen molar-refractivity contribution in [3.8, 4) is 0 Å². The number of esters is 1. The second-order valence-corrected chi connectivity index (χ2v) is 15.1. The van der Waals surface area contributed by atoms with Gasteiger partial charge in [0, 0.05) is 13.0 Å². The van der Waals surface area contributed by atoms with Crippen molar-refractivity contribution in [2.75, 3.05) is 26.4 Å². The van der Waals surface area contributed by atoms with E-state index in [2.05, 4.69) is 74.6 Å². The predicted octanol–water partition coefficient (Wildman–Crippen LogP) is 9.91. The maximum absolute atomic E-state index is 12.8. The van der Waals surface area contributed by atoms with E-state index in [4.69, 9.17) is 18.9 Å². The van der Waals surface area contributed by atoms with E-state index >= 15 is 0 Å². The zero-order valence-corrected chi connectivity index (χ0v) is 35.4. The predicted molar refractivity (Wildman–Crippen MR) is 228 cm³/mol. The maximum Gasteiger partial charge on any atom is 0.306 e. The van der Waals surface area contributed by atoms with Gasteiger partial charge in [-0.25, -0.2) is 0 Å². The van der Waals surface area contributed by atoms with Gasteiger partial charge < -0.3 is 39.4 Å². The lowest BCUT2D eigenvalue weighted by Crippen LogP contribution is -2.59. The van der Waals surface area contributed by atoms with Crippen LogP contribution in [0.4, 0.5) is 0 Å². The lowest BCUT2D eigenvalue weighted by atomic mass is 9.99. The largest absolute Gasteiger partial charge is 0.457 e. The number of unbranched alkanes of at least 4 members (excludes halogenated alkanes) is 16. The molecule has 0 radical (unpaired) electrons. The van der Waals surface area contributed by atoms with Crippen molar-refractivity contribution in [2.45, 2.75) is 205 Å². The number of aliphatic hydroxyl groups excluding tert-OH is 4. The van der Waals surface area contributed by atoms with Gasteiger partial charge in [0.05, 0.1) is 19.8 Å². The monoisotopic (exact) mass is 791 g/mol. The summed E-state index contributed by atoms with van der Waals surface area (Å²) in [5.41, 5.74) is 0. The van der Waals surface area contributed by atoms with Crippen molar-refractivity contribution in [3.05, 3.63) is 60.8 Å². The Morgan fingerprint density at radius 2 is 1.09 bits per heavy atom. The van der Waals surface area contributed by atoms with E-state index in [0.717, 1.165) is 83.5 Å². The van der Waals surface area contributed by atoms with Crippen LogP contribution in [0.2, 0.25) is 0 Å². The van der Waals surface area contributed by atoms with Gasteiger partial charge in [-0.05, 0) is 57.8 Å². The van der Waals surface area contributed by atoms with Gasteiger partial charge in [0.1, 0.15) is 30.5 Å². The average molecular weight is 791 g/mol. The molecular weight excluding hydrogens is 709 g/mol. The third-order valence-electron chi connectivity index (χ3n) is 9.95. The molecule has 4 N–H and O–H groups in total. The summed E-state index contributed by atoms with van der Waals surface area (Å²) in [6, 6.07) is 0. The molecule has 0 saturated carbocycles. The molecule has 0 aromatic carbocycles. The summed E-state index contributed by atoms with van der Waals surface area (Å²) in [6.07, 6.45) is 41.0. The van der Waals surface area contributed by atoms with Crippen molar-refractivity contribution in [3.63, 3.8) is 0 Å². The Morgan fingerprint density at radius 1 is 0.589 bits per heavy atom. The minimum Gasteiger partial charge on any atom is -0.457 e. The van der Waals surface area contributed by atoms with E-state index in [9.17, 15) is 25.2 Å². The van der Waals surface area contributed by atoms with Crippen molar-refractivity contribution in [1.29, 1.82) is 0 Å². The van der Waals surface area contributed by atoms with Gasteiger partial charge in [0.2, 0.25) is 0 Å². The Hall–Kier alpha value is -2.11. The first-order chi connectivity index (χ1) is 27.4. The number of ether oxygens (including phenoxy) is 4. The van der Waals surface area contributed by atoms with Gasteiger partial charge in [0.25, 0.3) is 0 Å². The molecule has 1 fully saturated rings. The van der Waals surface area contributed by atoms with E-state index in [0.29, 0.717) is 13.0 Å². The van der Waals surface area contributed by atoms with Crippen molar-refractivity contribution in [1.82, 2.24) is 0 Å². The quantitative estimate of drug-likeness (QED) is 0.0276. The summed E-state index contributed by atoms with van der Waals surface area (Å²) < 4.78 is 22.8. The summed E-state index contributed by atoms with van der Waals surface area (Å²) in [7, 11) is 0. The van der Waals surface area contributed by atoms with Crippen molar-refractivity contribution >= 4 is 5.97 Å². The molecule has 1 rings (SSSR count). The van der Waals surface area contributed by atoms with Crippen LogP contribution in [-0.4, -0.2) is 89.6 Å². The molecule has 1 saturated heterocycles. The fraction of sp³-hybridized carbons (Fsp3) is 0.766. The van der Waals surface area contributed by atoms with Crippen LogP contribution < -0.4 is 0 Å². The third kappa shape index (κ3) is 29.2.